The van der Waals surface area contributed by atoms with E-state index in [2.05, 4.69) is 102 Å². The summed E-state index contributed by atoms with van der Waals surface area (Å²) in [5.41, 5.74) is 13.9. The third kappa shape index (κ3) is 5.01. The van der Waals surface area contributed by atoms with E-state index in [9.17, 15) is 19.3 Å². The van der Waals surface area contributed by atoms with Crippen molar-refractivity contribution in [1.82, 2.24) is 19.5 Å². The van der Waals surface area contributed by atoms with Crippen LogP contribution in [-0.2, 0) is 5.41 Å². The molecule has 12 rings (SSSR count). The Balaban J connectivity index is 1.11. The minimum absolute atomic E-state index is 0.384. The Kier molecular flexibility index (Phi) is 7.53. The van der Waals surface area contributed by atoms with E-state index in [1.807, 2.05) is 24.3 Å². The summed E-state index contributed by atoms with van der Waals surface area (Å²) in [6.45, 7) is 0. The number of halogens is 2. The zero-order valence-electron chi connectivity index (χ0n) is 32.6. The molecule has 0 saturated carbocycles. The number of fused-ring (bicyclic) bond motifs is 13. The first-order valence-electron chi connectivity index (χ1n) is 20.1. The van der Waals surface area contributed by atoms with Crippen LogP contribution in [-0.4, -0.2) is 19.5 Å². The van der Waals surface area contributed by atoms with E-state index in [0.717, 1.165) is 77.9 Å². The molecular formula is C54H28F2N6. The highest BCUT2D eigenvalue weighted by atomic mass is 19.1. The molecule has 10 aromatic rings. The molecule has 288 valence electrons. The van der Waals surface area contributed by atoms with E-state index in [1.54, 1.807) is 36.4 Å². The average molecular weight is 799 g/mol. The summed E-state index contributed by atoms with van der Waals surface area (Å²) in [6.07, 6.45) is 0. The van der Waals surface area contributed by atoms with E-state index < -0.39 is 5.41 Å². The maximum absolute atomic E-state index is 14.8. The lowest BCUT2D eigenvalue weighted by atomic mass is 9.70. The zero-order chi connectivity index (χ0) is 41.7. The monoisotopic (exact) mass is 798 g/mol. The van der Waals surface area contributed by atoms with Crippen LogP contribution in [0, 0.1) is 34.3 Å². The highest BCUT2D eigenvalue weighted by Gasteiger charge is 2.52. The van der Waals surface area contributed by atoms with Crippen LogP contribution in [0.4, 0.5) is 8.78 Å². The highest BCUT2D eigenvalue weighted by Crippen LogP contribution is 2.63. The van der Waals surface area contributed by atoms with E-state index in [4.69, 9.17) is 15.0 Å². The van der Waals surface area contributed by atoms with Gasteiger partial charge in [-0.3, -0.25) is 0 Å². The van der Waals surface area contributed by atoms with Crippen molar-refractivity contribution < 1.29 is 8.78 Å². The Hall–Kier alpha value is -8.59. The molecule has 1 unspecified atom stereocenters. The van der Waals surface area contributed by atoms with Gasteiger partial charge < -0.3 is 4.57 Å². The molecule has 0 radical (unpaired) electrons. The molecule has 6 nitrogen and oxygen atoms in total. The van der Waals surface area contributed by atoms with Gasteiger partial charge in [0, 0.05) is 33.2 Å². The van der Waals surface area contributed by atoms with Crippen LogP contribution in [0.3, 0.4) is 0 Å². The van der Waals surface area contributed by atoms with Crippen molar-refractivity contribution in [2.45, 2.75) is 5.41 Å². The van der Waals surface area contributed by atoms with Crippen molar-refractivity contribution in [3.05, 3.63) is 215 Å². The minimum atomic E-state index is -0.750. The Labute approximate surface area is 353 Å². The van der Waals surface area contributed by atoms with Crippen molar-refractivity contribution in [2.75, 3.05) is 0 Å². The fraction of sp³-hybridized carbons (Fsp3) is 0.0185. The lowest BCUT2D eigenvalue weighted by Gasteiger charge is -2.31. The summed E-state index contributed by atoms with van der Waals surface area (Å²) in [7, 11) is 0. The lowest BCUT2D eigenvalue weighted by Crippen LogP contribution is -2.26. The molecule has 0 bridgehead atoms. The van der Waals surface area contributed by atoms with Crippen LogP contribution < -0.4 is 0 Å². The molecule has 2 aliphatic rings. The molecular weight excluding hydrogens is 771 g/mol. The second kappa shape index (κ2) is 13.2. The SMILES string of the molecule is N#Cc1ccc(-c2nc(-c3ccc(C#N)cc3)nc(-c3ccc4c(c3)C3(c5ccccc5-4)c4ccccc4-c4ccc(-n5c6ccc(F)cc6c6cc(F)ccc65)cc43)n2)cc1. The van der Waals surface area contributed by atoms with Gasteiger partial charge in [-0.25, -0.2) is 23.7 Å². The molecule has 0 N–H and O–H groups in total. The third-order valence-corrected chi connectivity index (χ3v) is 12.5. The Bertz CT molecular complexity index is 3490. The third-order valence-electron chi connectivity index (χ3n) is 12.5. The zero-order valence-corrected chi connectivity index (χ0v) is 32.6. The number of nitriles is 2. The molecule has 2 aliphatic carbocycles. The highest BCUT2D eigenvalue weighted by molar-refractivity contribution is 6.09. The fourth-order valence-electron chi connectivity index (χ4n) is 9.80. The first-order chi connectivity index (χ1) is 30.4. The van der Waals surface area contributed by atoms with Gasteiger partial charge >= 0.3 is 0 Å². The molecule has 2 heterocycles. The number of nitrogens with zero attached hydrogens (tertiary/aromatic N) is 6. The largest absolute Gasteiger partial charge is 0.309 e. The summed E-state index contributed by atoms with van der Waals surface area (Å²) in [5, 5.41) is 20.3. The van der Waals surface area contributed by atoms with Crippen LogP contribution in [0.5, 0.6) is 0 Å². The van der Waals surface area contributed by atoms with Crippen LogP contribution in [0.25, 0.3) is 83.9 Å². The maximum atomic E-state index is 14.8. The van der Waals surface area contributed by atoms with Gasteiger partial charge in [0.25, 0.3) is 0 Å². The molecule has 1 atom stereocenters. The van der Waals surface area contributed by atoms with Gasteiger partial charge in [0.1, 0.15) is 11.6 Å². The van der Waals surface area contributed by atoms with Crippen molar-refractivity contribution in [3.63, 3.8) is 0 Å². The van der Waals surface area contributed by atoms with Gasteiger partial charge in [0.15, 0.2) is 17.5 Å². The molecule has 2 aromatic heterocycles. The summed E-state index contributed by atoms with van der Waals surface area (Å²) in [4.78, 5) is 15.0. The molecule has 0 saturated heterocycles. The molecule has 0 aliphatic heterocycles. The Morgan fingerprint density at radius 1 is 0.419 bits per heavy atom. The Morgan fingerprint density at radius 2 is 0.855 bits per heavy atom. The summed E-state index contributed by atoms with van der Waals surface area (Å²) in [6, 6.07) is 58.1. The molecule has 0 amide bonds. The van der Waals surface area contributed by atoms with Crippen molar-refractivity contribution >= 4 is 21.8 Å². The first-order valence-corrected chi connectivity index (χ1v) is 20.1. The van der Waals surface area contributed by atoms with Gasteiger partial charge in [0.05, 0.1) is 39.7 Å². The van der Waals surface area contributed by atoms with Gasteiger partial charge in [-0.05, 0) is 148 Å². The fourth-order valence-corrected chi connectivity index (χ4v) is 9.80. The van der Waals surface area contributed by atoms with Crippen LogP contribution >= 0.6 is 0 Å². The van der Waals surface area contributed by atoms with E-state index in [0.29, 0.717) is 39.4 Å². The average Bonchev–Trinajstić information content (AvgIpc) is 3.92. The predicted octanol–water partition coefficient (Wildman–Crippen LogP) is 12.3. The van der Waals surface area contributed by atoms with Gasteiger partial charge in [-0.2, -0.15) is 10.5 Å². The number of rotatable bonds is 4. The van der Waals surface area contributed by atoms with Gasteiger partial charge in [0.2, 0.25) is 0 Å². The van der Waals surface area contributed by atoms with Gasteiger partial charge in [-0.15, -0.1) is 0 Å². The van der Waals surface area contributed by atoms with E-state index >= 15 is 0 Å². The first kappa shape index (κ1) is 35.4. The number of benzene rings is 8. The lowest BCUT2D eigenvalue weighted by molar-refractivity contribution is 0.628. The topological polar surface area (TPSA) is 91.2 Å². The van der Waals surface area contributed by atoms with Crippen LogP contribution in [0.2, 0.25) is 0 Å². The molecule has 62 heavy (non-hydrogen) atoms. The second-order valence-corrected chi connectivity index (χ2v) is 15.7. The summed E-state index contributed by atoms with van der Waals surface area (Å²) < 4.78 is 31.7. The van der Waals surface area contributed by atoms with Crippen LogP contribution in [0.15, 0.2) is 170 Å². The quantitative estimate of drug-likeness (QED) is 0.177. The van der Waals surface area contributed by atoms with Crippen molar-refractivity contribution in [2.24, 2.45) is 0 Å². The number of aromatic nitrogens is 4. The second-order valence-electron chi connectivity index (χ2n) is 15.7. The van der Waals surface area contributed by atoms with Crippen molar-refractivity contribution in [1.29, 1.82) is 10.5 Å². The molecule has 8 heteroatoms. The van der Waals surface area contributed by atoms with Crippen LogP contribution in [0.1, 0.15) is 33.4 Å². The smallest absolute Gasteiger partial charge is 0.164 e. The number of hydrogen-bond donors (Lipinski definition) is 0. The number of hydrogen-bond acceptors (Lipinski definition) is 5. The molecule has 8 aromatic carbocycles. The van der Waals surface area contributed by atoms with E-state index in [-0.39, 0.29) is 11.6 Å². The summed E-state index contributed by atoms with van der Waals surface area (Å²) in [5.74, 6) is 0.599. The Morgan fingerprint density at radius 3 is 1.37 bits per heavy atom. The normalized spacial score (nSPS) is 14.3. The molecule has 1 spiro atoms. The van der Waals surface area contributed by atoms with Crippen molar-refractivity contribution in [3.8, 4) is 74.2 Å². The maximum Gasteiger partial charge on any atom is 0.164 e. The van der Waals surface area contributed by atoms with E-state index in [1.165, 1.54) is 24.3 Å². The van der Waals surface area contributed by atoms with Gasteiger partial charge in [-0.1, -0.05) is 66.7 Å². The summed E-state index contributed by atoms with van der Waals surface area (Å²) >= 11 is 0. The standard InChI is InChI=1S/C54H28F2N6/c55-36-18-23-49-43(26-36)44-27-37(56)19-24-50(44)62(49)38-20-22-42-40-6-2-4-8-46(40)54(48(42)28-38)45-7-3-1-5-39(45)41-21-17-35(25-47(41)54)53-60-51(33-13-9-31(29-57)10-14-33)59-52(61-53)34-15-11-32(30-58)12-16-34/h1-28H. The minimum Gasteiger partial charge on any atom is -0.309 e. The predicted molar refractivity (Wildman–Crippen MR) is 236 cm³/mol. The molecule has 0 fully saturated rings.